The Hall–Kier alpha value is -2.67. The Bertz CT molecular complexity index is 973. The Morgan fingerprint density at radius 3 is 3.08 bits per heavy atom. The number of nitrogens with one attached hydrogen (secondary N) is 1. The van der Waals surface area contributed by atoms with Crippen molar-refractivity contribution in [2.24, 2.45) is 0 Å². The van der Waals surface area contributed by atoms with Crippen LogP contribution in [0.3, 0.4) is 0 Å². The minimum atomic E-state index is -0.343. The summed E-state index contributed by atoms with van der Waals surface area (Å²) in [5.41, 5.74) is 2.23. The number of hydrogen-bond donors (Lipinski definition) is 1. The van der Waals surface area contributed by atoms with Crippen LogP contribution in [-0.4, -0.2) is 35.3 Å². The second kappa shape index (κ2) is 5.45. The van der Waals surface area contributed by atoms with Gasteiger partial charge in [0, 0.05) is 25.7 Å². The molecule has 2 aromatic heterocycles. The van der Waals surface area contributed by atoms with E-state index >= 15 is 0 Å². The molecule has 0 aliphatic carbocycles. The summed E-state index contributed by atoms with van der Waals surface area (Å²) in [6, 6.07) is 5.57. The quantitative estimate of drug-likeness (QED) is 0.777. The van der Waals surface area contributed by atoms with Gasteiger partial charge in [0.2, 0.25) is 0 Å². The molecule has 4 rings (SSSR count). The number of aryl methyl sites for hydroxylation is 1. The SMILES string of the molecule is Cc1nc2ccc(NC(=O)c3coc4c3C(=O)N(C)CC4)cc2s1. The molecule has 0 spiro atoms. The molecule has 2 amide bonds. The molecule has 7 heteroatoms. The smallest absolute Gasteiger partial charge is 0.259 e. The van der Waals surface area contributed by atoms with Crippen LogP contribution in [0.4, 0.5) is 5.69 Å². The van der Waals surface area contributed by atoms with Crippen molar-refractivity contribution in [1.29, 1.82) is 0 Å². The average molecular weight is 341 g/mol. The molecule has 0 unspecified atom stereocenters. The van der Waals surface area contributed by atoms with E-state index in [2.05, 4.69) is 10.3 Å². The number of hydrogen-bond acceptors (Lipinski definition) is 5. The minimum Gasteiger partial charge on any atom is -0.468 e. The molecule has 122 valence electrons. The molecule has 0 fully saturated rings. The van der Waals surface area contributed by atoms with Crippen LogP contribution in [0.25, 0.3) is 10.2 Å². The summed E-state index contributed by atoms with van der Waals surface area (Å²) < 4.78 is 6.43. The number of rotatable bonds is 2. The summed E-state index contributed by atoms with van der Waals surface area (Å²) in [6.07, 6.45) is 1.99. The normalized spacial score (nSPS) is 14.1. The average Bonchev–Trinajstić information content (AvgIpc) is 3.13. The van der Waals surface area contributed by atoms with Crippen LogP contribution >= 0.6 is 11.3 Å². The third-order valence-corrected chi connectivity index (χ3v) is 5.03. The molecule has 1 N–H and O–H groups in total. The van der Waals surface area contributed by atoms with E-state index in [9.17, 15) is 9.59 Å². The molecule has 3 aromatic rings. The van der Waals surface area contributed by atoms with Crippen LogP contribution in [0.15, 0.2) is 28.9 Å². The summed E-state index contributed by atoms with van der Waals surface area (Å²) in [5, 5.41) is 3.82. The first-order valence-corrected chi connectivity index (χ1v) is 8.39. The molecule has 0 atom stereocenters. The molecule has 6 nitrogen and oxygen atoms in total. The maximum absolute atomic E-state index is 12.6. The van der Waals surface area contributed by atoms with Gasteiger partial charge in [-0.05, 0) is 25.1 Å². The first kappa shape index (κ1) is 14.9. The Balaban J connectivity index is 1.64. The molecular weight excluding hydrogens is 326 g/mol. The van der Waals surface area contributed by atoms with E-state index in [4.69, 9.17) is 4.42 Å². The molecule has 24 heavy (non-hydrogen) atoms. The van der Waals surface area contributed by atoms with Crippen molar-refractivity contribution in [3.05, 3.63) is 46.4 Å². The number of likely N-dealkylation sites (N-methyl/N-ethyl adjacent to an activating group) is 1. The second-order valence-electron chi connectivity index (χ2n) is 5.79. The number of fused-ring (bicyclic) bond motifs is 2. The van der Waals surface area contributed by atoms with Gasteiger partial charge in [0.1, 0.15) is 12.0 Å². The van der Waals surface area contributed by atoms with Gasteiger partial charge in [-0.1, -0.05) is 0 Å². The monoisotopic (exact) mass is 341 g/mol. The van der Waals surface area contributed by atoms with Crippen LogP contribution < -0.4 is 5.32 Å². The lowest BCUT2D eigenvalue weighted by atomic mass is 10.0. The van der Waals surface area contributed by atoms with Gasteiger partial charge in [0.15, 0.2) is 0 Å². The van der Waals surface area contributed by atoms with Gasteiger partial charge < -0.3 is 14.6 Å². The van der Waals surface area contributed by atoms with E-state index < -0.39 is 0 Å². The third-order valence-electron chi connectivity index (χ3n) is 4.10. The van der Waals surface area contributed by atoms with Crippen molar-refractivity contribution in [2.45, 2.75) is 13.3 Å². The molecule has 0 bridgehead atoms. The summed E-state index contributed by atoms with van der Waals surface area (Å²) in [6.45, 7) is 2.55. The molecule has 1 aliphatic rings. The second-order valence-corrected chi connectivity index (χ2v) is 7.03. The number of amides is 2. The van der Waals surface area contributed by atoms with Gasteiger partial charge in [-0.15, -0.1) is 11.3 Å². The van der Waals surface area contributed by atoms with Gasteiger partial charge >= 0.3 is 0 Å². The molecule has 0 radical (unpaired) electrons. The highest BCUT2D eigenvalue weighted by atomic mass is 32.1. The summed E-state index contributed by atoms with van der Waals surface area (Å²) >= 11 is 1.57. The number of benzene rings is 1. The maximum atomic E-state index is 12.6. The standard InChI is InChI=1S/C17H15N3O3S/c1-9-18-12-4-3-10(7-14(12)24-9)19-16(21)11-8-23-13-5-6-20(2)17(22)15(11)13/h3-4,7-8H,5-6H2,1-2H3,(H,19,21). The lowest BCUT2D eigenvalue weighted by molar-refractivity contribution is 0.0770. The fraction of sp³-hybridized carbons (Fsp3) is 0.235. The number of anilines is 1. The number of aromatic nitrogens is 1. The maximum Gasteiger partial charge on any atom is 0.259 e. The van der Waals surface area contributed by atoms with Crippen LogP contribution in [0.5, 0.6) is 0 Å². The summed E-state index contributed by atoms with van der Waals surface area (Å²) in [4.78, 5) is 30.9. The van der Waals surface area contributed by atoms with E-state index in [0.717, 1.165) is 15.2 Å². The molecule has 3 heterocycles. The highest BCUT2D eigenvalue weighted by Gasteiger charge is 2.30. The number of nitrogens with zero attached hydrogens (tertiary/aromatic N) is 2. The summed E-state index contributed by atoms with van der Waals surface area (Å²) in [5.74, 6) is 0.0599. The zero-order chi connectivity index (χ0) is 16.8. The van der Waals surface area contributed by atoms with Gasteiger partial charge in [-0.3, -0.25) is 9.59 Å². The van der Waals surface area contributed by atoms with E-state index in [-0.39, 0.29) is 17.4 Å². The molecule has 0 saturated carbocycles. The fourth-order valence-corrected chi connectivity index (χ4v) is 3.73. The Morgan fingerprint density at radius 2 is 2.25 bits per heavy atom. The Morgan fingerprint density at radius 1 is 1.42 bits per heavy atom. The lowest BCUT2D eigenvalue weighted by Crippen LogP contribution is -2.34. The first-order valence-electron chi connectivity index (χ1n) is 7.57. The number of carbonyl (C=O) groups is 2. The van der Waals surface area contributed by atoms with E-state index in [1.54, 1.807) is 29.4 Å². The van der Waals surface area contributed by atoms with Crippen LogP contribution in [0.2, 0.25) is 0 Å². The van der Waals surface area contributed by atoms with E-state index in [0.29, 0.717) is 30.0 Å². The van der Waals surface area contributed by atoms with Crippen molar-refractivity contribution in [2.75, 3.05) is 18.9 Å². The number of thiazole rings is 1. The zero-order valence-electron chi connectivity index (χ0n) is 13.3. The van der Waals surface area contributed by atoms with Crippen molar-refractivity contribution < 1.29 is 14.0 Å². The van der Waals surface area contributed by atoms with Gasteiger partial charge in [-0.2, -0.15) is 0 Å². The van der Waals surface area contributed by atoms with Crippen molar-refractivity contribution in [3.63, 3.8) is 0 Å². The van der Waals surface area contributed by atoms with E-state index in [1.165, 1.54) is 6.26 Å². The Labute approximate surface area is 142 Å². The number of furan rings is 1. The van der Waals surface area contributed by atoms with Crippen molar-refractivity contribution in [3.8, 4) is 0 Å². The molecule has 1 aliphatic heterocycles. The molecule has 1 aromatic carbocycles. The van der Waals surface area contributed by atoms with Gasteiger partial charge in [0.25, 0.3) is 11.8 Å². The zero-order valence-corrected chi connectivity index (χ0v) is 14.1. The molecule has 0 saturated heterocycles. The van der Waals surface area contributed by atoms with Crippen LogP contribution in [-0.2, 0) is 6.42 Å². The topological polar surface area (TPSA) is 75.4 Å². The predicted octanol–water partition coefficient (Wildman–Crippen LogP) is 3.08. The lowest BCUT2D eigenvalue weighted by Gasteiger charge is -2.21. The van der Waals surface area contributed by atoms with Crippen molar-refractivity contribution >= 4 is 39.1 Å². The Kier molecular flexibility index (Phi) is 3.38. The first-order chi connectivity index (χ1) is 11.5. The van der Waals surface area contributed by atoms with Gasteiger partial charge in [-0.25, -0.2) is 4.98 Å². The van der Waals surface area contributed by atoms with Crippen LogP contribution in [0.1, 0.15) is 31.5 Å². The molecular formula is C17H15N3O3S. The summed E-state index contributed by atoms with van der Waals surface area (Å²) in [7, 11) is 1.72. The highest BCUT2D eigenvalue weighted by molar-refractivity contribution is 7.18. The highest BCUT2D eigenvalue weighted by Crippen LogP contribution is 2.27. The predicted molar refractivity (Wildman–Crippen MR) is 91.7 cm³/mol. The third kappa shape index (κ3) is 2.37. The van der Waals surface area contributed by atoms with E-state index in [1.807, 2.05) is 19.1 Å². The fourth-order valence-electron chi connectivity index (χ4n) is 2.86. The van der Waals surface area contributed by atoms with Gasteiger partial charge in [0.05, 0.1) is 26.4 Å². The number of carbonyl (C=O) groups excluding carboxylic acids is 2. The largest absolute Gasteiger partial charge is 0.468 e. The van der Waals surface area contributed by atoms with Crippen LogP contribution in [0, 0.1) is 6.92 Å². The minimum absolute atomic E-state index is 0.177. The van der Waals surface area contributed by atoms with Crippen molar-refractivity contribution in [1.82, 2.24) is 9.88 Å².